The number of nitrogen functional groups attached to an aromatic ring is 1. The summed E-state index contributed by atoms with van der Waals surface area (Å²) in [5.74, 6) is -0.152. The SMILES string of the molecule is Cc1cc([Si])ccc1C(C)(C)N(CCc1ccc(Cl)cc1)C(=O)c1cc(Cl)ccc1N. The maximum absolute atomic E-state index is 13.7. The fourth-order valence-electron chi connectivity index (χ4n) is 3.88. The Hall–Kier alpha value is -2.27. The molecule has 3 aromatic rings. The summed E-state index contributed by atoms with van der Waals surface area (Å²) in [4.78, 5) is 15.6. The van der Waals surface area contributed by atoms with E-state index in [1.807, 2.05) is 35.2 Å². The zero-order valence-corrected chi connectivity index (χ0v) is 20.4. The Labute approximate surface area is 197 Å². The van der Waals surface area contributed by atoms with Gasteiger partial charge in [0.05, 0.1) is 21.3 Å². The summed E-state index contributed by atoms with van der Waals surface area (Å²) < 4.78 is 0. The summed E-state index contributed by atoms with van der Waals surface area (Å²) in [6.45, 7) is 6.68. The van der Waals surface area contributed by atoms with E-state index in [9.17, 15) is 4.79 Å². The van der Waals surface area contributed by atoms with Gasteiger partial charge in [0.25, 0.3) is 5.91 Å². The summed E-state index contributed by atoms with van der Waals surface area (Å²) in [6.07, 6.45) is 0.683. The summed E-state index contributed by atoms with van der Waals surface area (Å²) in [7, 11) is 3.58. The van der Waals surface area contributed by atoms with Gasteiger partial charge in [0, 0.05) is 22.3 Å². The summed E-state index contributed by atoms with van der Waals surface area (Å²) >= 11 is 12.2. The highest BCUT2D eigenvalue weighted by Crippen LogP contribution is 2.33. The fraction of sp³-hybridized carbons (Fsp3) is 0.240. The van der Waals surface area contributed by atoms with Gasteiger partial charge in [0.15, 0.2) is 0 Å². The number of carbonyl (C=O) groups excluding carboxylic acids is 1. The van der Waals surface area contributed by atoms with Crippen LogP contribution in [0.15, 0.2) is 60.7 Å². The van der Waals surface area contributed by atoms with E-state index >= 15 is 0 Å². The Kier molecular flexibility index (Phi) is 7.15. The van der Waals surface area contributed by atoms with Crippen LogP contribution in [0.5, 0.6) is 0 Å². The second kappa shape index (κ2) is 9.47. The highest BCUT2D eigenvalue weighted by atomic mass is 35.5. The van der Waals surface area contributed by atoms with Crippen molar-refractivity contribution < 1.29 is 4.79 Å². The van der Waals surface area contributed by atoms with Gasteiger partial charge in [-0.3, -0.25) is 4.79 Å². The number of nitrogens with two attached hydrogens (primary N) is 1. The van der Waals surface area contributed by atoms with E-state index in [4.69, 9.17) is 28.9 Å². The number of hydrogen-bond donors (Lipinski definition) is 1. The number of hydrogen-bond acceptors (Lipinski definition) is 2. The van der Waals surface area contributed by atoms with Gasteiger partial charge in [0.1, 0.15) is 0 Å². The third-order valence-corrected chi connectivity index (χ3v) is 6.39. The van der Waals surface area contributed by atoms with Crippen molar-refractivity contribution in [2.24, 2.45) is 0 Å². The van der Waals surface area contributed by atoms with Crippen LogP contribution >= 0.6 is 23.2 Å². The first-order valence-corrected chi connectivity index (χ1v) is 11.3. The maximum Gasteiger partial charge on any atom is 0.256 e. The van der Waals surface area contributed by atoms with Crippen molar-refractivity contribution >= 4 is 50.2 Å². The van der Waals surface area contributed by atoms with Gasteiger partial charge < -0.3 is 10.6 Å². The molecule has 159 valence electrons. The van der Waals surface area contributed by atoms with Crippen LogP contribution in [-0.2, 0) is 12.0 Å². The van der Waals surface area contributed by atoms with Gasteiger partial charge in [-0.05, 0) is 74.2 Å². The second-order valence-corrected chi connectivity index (χ2v) is 9.60. The quantitative estimate of drug-likeness (QED) is 0.394. The van der Waals surface area contributed by atoms with Gasteiger partial charge in [-0.1, -0.05) is 58.7 Å². The van der Waals surface area contributed by atoms with Gasteiger partial charge in [-0.2, -0.15) is 0 Å². The molecule has 0 unspecified atom stereocenters. The maximum atomic E-state index is 13.7. The smallest absolute Gasteiger partial charge is 0.256 e. The molecule has 6 heteroatoms. The largest absolute Gasteiger partial charge is 0.398 e. The third kappa shape index (κ3) is 5.32. The van der Waals surface area contributed by atoms with Crippen LogP contribution < -0.4 is 10.9 Å². The van der Waals surface area contributed by atoms with Crippen LogP contribution in [-0.4, -0.2) is 27.6 Å². The zero-order chi connectivity index (χ0) is 22.8. The van der Waals surface area contributed by atoms with Crippen LogP contribution in [0, 0.1) is 6.92 Å². The Morgan fingerprint density at radius 2 is 1.65 bits per heavy atom. The lowest BCUT2D eigenvalue weighted by atomic mass is 9.87. The molecule has 0 saturated carbocycles. The zero-order valence-electron chi connectivity index (χ0n) is 17.9. The van der Waals surface area contributed by atoms with E-state index in [1.54, 1.807) is 18.2 Å². The Balaban J connectivity index is 2.02. The van der Waals surface area contributed by atoms with Crippen LogP contribution in [0.25, 0.3) is 0 Å². The van der Waals surface area contributed by atoms with Gasteiger partial charge >= 0.3 is 0 Å². The van der Waals surface area contributed by atoms with Crippen LogP contribution in [0.1, 0.15) is 40.9 Å². The number of halogens is 2. The molecule has 0 fully saturated rings. The van der Waals surface area contributed by atoms with Gasteiger partial charge in [-0.15, -0.1) is 0 Å². The van der Waals surface area contributed by atoms with Crippen LogP contribution in [0.2, 0.25) is 10.0 Å². The lowest BCUT2D eigenvalue weighted by Gasteiger charge is -2.40. The number of rotatable bonds is 6. The average molecular weight is 468 g/mol. The standard InChI is InChI=1S/C25H25Cl2N2OSi/c1-16-14-20(31)9-10-22(16)25(2,3)29(13-12-17-4-6-18(26)7-5-17)24(30)21-15-19(27)8-11-23(21)28/h4-11,14-15H,12-13,28H2,1-3H3. The van der Waals surface area contributed by atoms with Crippen molar-refractivity contribution in [3.63, 3.8) is 0 Å². The number of nitrogens with zero attached hydrogens (tertiary/aromatic N) is 1. The Morgan fingerprint density at radius 3 is 2.29 bits per heavy atom. The molecule has 1 amide bonds. The minimum atomic E-state index is -0.581. The van der Waals surface area contributed by atoms with Gasteiger partial charge in [-0.25, -0.2) is 0 Å². The predicted molar refractivity (Wildman–Crippen MR) is 132 cm³/mol. The molecule has 0 aliphatic rings. The molecule has 3 aromatic carbocycles. The molecule has 0 aliphatic heterocycles. The molecule has 3 radical (unpaired) electrons. The van der Waals surface area contributed by atoms with Crippen molar-refractivity contribution in [2.75, 3.05) is 12.3 Å². The molecule has 0 saturated heterocycles. The number of aryl methyl sites for hydroxylation is 1. The average Bonchev–Trinajstić information content (AvgIpc) is 2.70. The molecule has 0 spiro atoms. The van der Waals surface area contributed by atoms with E-state index in [-0.39, 0.29) is 5.91 Å². The number of amides is 1. The van der Waals surface area contributed by atoms with E-state index < -0.39 is 5.54 Å². The van der Waals surface area contributed by atoms with Crippen molar-refractivity contribution in [1.29, 1.82) is 0 Å². The minimum absolute atomic E-state index is 0.152. The molecule has 0 atom stereocenters. The molecule has 3 nitrogen and oxygen atoms in total. The minimum Gasteiger partial charge on any atom is -0.398 e. The van der Waals surface area contributed by atoms with Crippen molar-refractivity contribution in [1.82, 2.24) is 4.90 Å². The third-order valence-electron chi connectivity index (χ3n) is 5.59. The molecule has 0 heterocycles. The number of benzene rings is 3. The van der Waals surface area contributed by atoms with Gasteiger partial charge in [0.2, 0.25) is 0 Å². The molecule has 0 aliphatic carbocycles. The molecular formula is C25H25Cl2N2OSi. The first-order chi connectivity index (χ1) is 14.6. The normalized spacial score (nSPS) is 11.4. The summed E-state index contributed by atoms with van der Waals surface area (Å²) in [5, 5.41) is 2.16. The molecule has 0 bridgehead atoms. The monoisotopic (exact) mass is 467 g/mol. The molecular weight excluding hydrogens is 443 g/mol. The molecule has 31 heavy (non-hydrogen) atoms. The molecule has 0 aromatic heterocycles. The molecule has 3 rings (SSSR count). The topological polar surface area (TPSA) is 46.3 Å². The van der Waals surface area contributed by atoms with Crippen molar-refractivity contribution in [3.05, 3.63) is 93.0 Å². The van der Waals surface area contributed by atoms with Crippen LogP contribution in [0.3, 0.4) is 0 Å². The molecule has 2 N–H and O–H groups in total. The summed E-state index contributed by atoms with van der Waals surface area (Å²) in [6, 6.07) is 18.8. The predicted octanol–water partition coefficient (Wildman–Crippen LogP) is 5.30. The summed E-state index contributed by atoms with van der Waals surface area (Å²) in [5.41, 5.74) is 9.66. The highest BCUT2D eigenvalue weighted by Gasteiger charge is 2.34. The van der Waals surface area contributed by atoms with E-state index in [0.29, 0.717) is 34.3 Å². The van der Waals surface area contributed by atoms with Crippen LogP contribution in [0.4, 0.5) is 5.69 Å². The first kappa shape index (κ1) is 23.4. The van der Waals surface area contributed by atoms with Crippen molar-refractivity contribution in [2.45, 2.75) is 32.7 Å². The lowest BCUT2D eigenvalue weighted by molar-refractivity contribution is 0.0544. The number of carbonyl (C=O) groups is 1. The number of anilines is 1. The fourth-order valence-corrected chi connectivity index (χ4v) is 4.48. The van der Waals surface area contributed by atoms with E-state index in [2.05, 4.69) is 43.1 Å². The first-order valence-electron chi connectivity index (χ1n) is 10.0. The lowest BCUT2D eigenvalue weighted by Crippen LogP contribution is -2.47. The Bertz CT molecular complexity index is 1100. The van der Waals surface area contributed by atoms with E-state index in [0.717, 1.165) is 21.9 Å². The highest BCUT2D eigenvalue weighted by molar-refractivity contribution is 6.32. The second-order valence-electron chi connectivity index (χ2n) is 8.15. The van der Waals surface area contributed by atoms with E-state index in [1.165, 1.54) is 0 Å². The van der Waals surface area contributed by atoms with Crippen molar-refractivity contribution in [3.8, 4) is 0 Å². The Morgan fingerprint density at radius 1 is 1.00 bits per heavy atom.